The summed E-state index contributed by atoms with van der Waals surface area (Å²) in [5, 5.41) is 10.1. The lowest BCUT2D eigenvalue weighted by Gasteiger charge is -2.10. The Kier molecular flexibility index (Phi) is 3.84. The van der Waals surface area contributed by atoms with E-state index in [1.807, 2.05) is 0 Å². The first kappa shape index (κ1) is 12.2. The van der Waals surface area contributed by atoms with Crippen molar-refractivity contribution >= 4 is 23.2 Å². The lowest BCUT2D eigenvalue weighted by molar-refractivity contribution is 0.276. The monoisotopic (exact) mass is 269 g/mol. The molecule has 1 N–H and O–H groups in total. The second-order valence-corrected chi connectivity index (χ2v) is 4.16. The molecule has 2 rings (SSSR count). The normalized spacial score (nSPS) is 10.3. The fraction of sp³-hybridized carbons (Fsp3) is 0.0833. The SMILES string of the molecule is OCc1ccncc1Oc1cc(Cl)ccc1Cl. The molecule has 88 valence electrons. The third-order valence-corrected chi connectivity index (χ3v) is 2.70. The van der Waals surface area contributed by atoms with Crippen molar-refractivity contribution in [1.82, 2.24) is 4.98 Å². The summed E-state index contributed by atoms with van der Waals surface area (Å²) in [6.45, 7) is -0.129. The highest BCUT2D eigenvalue weighted by Crippen LogP contribution is 2.32. The average molecular weight is 270 g/mol. The molecule has 0 amide bonds. The predicted molar refractivity (Wildman–Crippen MR) is 66.7 cm³/mol. The van der Waals surface area contributed by atoms with Crippen molar-refractivity contribution in [3.8, 4) is 11.5 Å². The van der Waals surface area contributed by atoms with E-state index in [2.05, 4.69) is 4.98 Å². The quantitative estimate of drug-likeness (QED) is 0.925. The molecule has 5 heteroatoms. The zero-order chi connectivity index (χ0) is 12.3. The second-order valence-electron chi connectivity index (χ2n) is 3.32. The van der Waals surface area contributed by atoms with Crippen LogP contribution in [-0.2, 0) is 6.61 Å². The van der Waals surface area contributed by atoms with Crippen molar-refractivity contribution in [2.24, 2.45) is 0 Å². The lowest BCUT2D eigenvalue weighted by Crippen LogP contribution is -1.93. The highest BCUT2D eigenvalue weighted by atomic mass is 35.5. The van der Waals surface area contributed by atoms with Gasteiger partial charge in [-0.2, -0.15) is 0 Å². The fourth-order valence-electron chi connectivity index (χ4n) is 1.31. The maximum atomic E-state index is 9.15. The van der Waals surface area contributed by atoms with Gasteiger partial charge in [0.05, 0.1) is 17.8 Å². The number of halogens is 2. The van der Waals surface area contributed by atoms with Crippen molar-refractivity contribution in [1.29, 1.82) is 0 Å². The summed E-state index contributed by atoms with van der Waals surface area (Å²) in [5.41, 5.74) is 0.635. The Bertz CT molecular complexity index is 532. The first-order chi connectivity index (χ1) is 8.20. The number of aromatic nitrogens is 1. The first-order valence-corrected chi connectivity index (χ1v) is 5.63. The number of hydrogen-bond donors (Lipinski definition) is 1. The van der Waals surface area contributed by atoms with Crippen LogP contribution in [0.15, 0.2) is 36.7 Å². The Hall–Kier alpha value is -1.29. The van der Waals surface area contributed by atoms with Crippen LogP contribution in [0.2, 0.25) is 10.0 Å². The summed E-state index contributed by atoms with van der Waals surface area (Å²) < 4.78 is 5.57. The van der Waals surface area contributed by atoms with Gasteiger partial charge >= 0.3 is 0 Å². The molecule has 0 aliphatic heterocycles. The van der Waals surface area contributed by atoms with Gasteiger partial charge in [0.25, 0.3) is 0 Å². The molecule has 0 aliphatic carbocycles. The van der Waals surface area contributed by atoms with Crippen molar-refractivity contribution in [2.75, 3.05) is 0 Å². The summed E-state index contributed by atoms with van der Waals surface area (Å²) in [5.74, 6) is 0.890. The van der Waals surface area contributed by atoms with Gasteiger partial charge in [-0.25, -0.2) is 0 Å². The van der Waals surface area contributed by atoms with Crippen LogP contribution < -0.4 is 4.74 Å². The van der Waals surface area contributed by atoms with Crippen molar-refractivity contribution in [2.45, 2.75) is 6.61 Å². The molecule has 17 heavy (non-hydrogen) atoms. The highest BCUT2D eigenvalue weighted by molar-refractivity contribution is 6.34. The first-order valence-electron chi connectivity index (χ1n) is 4.87. The minimum absolute atomic E-state index is 0.129. The molecule has 0 saturated carbocycles. The lowest BCUT2D eigenvalue weighted by atomic mass is 10.2. The molecule has 0 radical (unpaired) electrons. The zero-order valence-electron chi connectivity index (χ0n) is 8.73. The smallest absolute Gasteiger partial charge is 0.151 e. The molecule has 0 bridgehead atoms. The zero-order valence-corrected chi connectivity index (χ0v) is 10.2. The molecular formula is C12H9Cl2NO2. The molecule has 0 fully saturated rings. The minimum atomic E-state index is -0.129. The van der Waals surface area contributed by atoms with E-state index in [9.17, 15) is 0 Å². The van der Waals surface area contributed by atoms with E-state index in [0.29, 0.717) is 27.1 Å². The number of benzene rings is 1. The van der Waals surface area contributed by atoms with Gasteiger partial charge < -0.3 is 9.84 Å². The van der Waals surface area contributed by atoms with Gasteiger partial charge in [-0.15, -0.1) is 0 Å². The Morgan fingerprint density at radius 1 is 1.18 bits per heavy atom. The summed E-state index contributed by atoms with van der Waals surface area (Å²) in [7, 11) is 0. The van der Waals surface area contributed by atoms with E-state index in [1.165, 1.54) is 6.20 Å². The summed E-state index contributed by atoms with van der Waals surface area (Å²) in [6, 6.07) is 6.60. The number of rotatable bonds is 3. The van der Waals surface area contributed by atoms with Crippen LogP contribution >= 0.6 is 23.2 Å². The van der Waals surface area contributed by atoms with E-state index in [0.717, 1.165) is 0 Å². The van der Waals surface area contributed by atoms with Gasteiger partial charge in [-0.3, -0.25) is 4.98 Å². The molecule has 0 unspecified atom stereocenters. The molecule has 3 nitrogen and oxygen atoms in total. The van der Waals surface area contributed by atoms with Crippen LogP contribution in [0, 0.1) is 0 Å². The Labute approximate surface area is 109 Å². The van der Waals surface area contributed by atoms with Crippen LogP contribution in [-0.4, -0.2) is 10.1 Å². The third-order valence-electron chi connectivity index (χ3n) is 2.15. The Balaban J connectivity index is 2.34. The molecule has 0 aliphatic rings. The van der Waals surface area contributed by atoms with Gasteiger partial charge in [0.15, 0.2) is 5.75 Å². The third kappa shape index (κ3) is 2.88. The molecule has 0 saturated heterocycles. The largest absolute Gasteiger partial charge is 0.454 e. The average Bonchev–Trinajstić information content (AvgIpc) is 2.34. The number of hydrogen-bond acceptors (Lipinski definition) is 3. The van der Waals surface area contributed by atoms with Gasteiger partial charge in [-0.05, 0) is 18.2 Å². The number of aliphatic hydroxyl groups excluding tert-OH is 1. The maximum Gasteiger partial charge on any atom is 0.151 e. The van der Waals surface area contributed by atoms with Crippen molar-refractivity contribution in [3.05, 3.63) is 52.3 Å². The standard InChI is InChI=1S/C12H9Cl2NO2/c13-9-1-2-10(14)11(5-9)17-12-6-15-4-3-8(12)7-16/h1-6,16H,7H2. The summed E-state index contributed by atoms with van der Waals surface area (Å²) >= 11 is 11.8. The van der Waals surface area contributed by atoms with Gasteiger partial charge in [0, 0.05) is 22.8 Å². The Morgan fingerprint density at radius 3 is 2.76 bits per heavy atom. The number of aliphatic hydroxyl groups is 1. The predicted octanol–water partition coefficient (Wildman–Crippen LogP) is 3.67. The number of pyridine rings is 1. The molecule has 0 spiro atoms. The molecule has 1 heterocycles. The van der Waals surface area contributed by atoms with E-state index in [-0.39, 0.29) is 6.61 Å². The number of nitrogens with zero attached hydrogens (tertiary/aromatic N) is 1. The minimum Gasteiger partial charge on any atom is -0.454 e. The van der Waals surface area contributed by atoms with Crippen LogP contribution in [0.5, 0.6) is 11.5 Å². The van der Waals surface area contributed by atoms with Gasteiger partial charge in [-0.1, -0.05) is 23.2 Å². The van der Waals surface area contributed by atoms with Crippen molar-refractivity contribution in [3.63, 3.8) is 0 Å². The van der Waals surface area contributed by atoms with E-state index in [1.54, 1.807) is 30.5 Å². The second kappa shape index (κ2) is 5.36. The Morgan fingerprint density at radius 2 is 2.00 bits per heavy atom. The molecule has 1 aromatic carbocycles. The molecule has 1 aromatic heterocycles. The molecular weight excluding hydrogens is 261 g/mol. The fourth-order valence-corrected chi connectivity index (χ4v) is 1.62. The van der Waals surface area contributed by atoms with Crippen molar-refractivity contribution < 1.29 is 9.84 Å². The van der Waals surface area contributed by atoms with E-state index in [4.69, 9.17) is 33.0 Å². The van der Waals surface area contributed by atoms with Crippen LogP contribution in [0.3, 0.4) is 0 Å². The van der Waals surface area contributed by atoms with Crippen LogP contribution in [0.25, 0.3) is 0 Å². The van der Waals surface area contributed by atoms with Gasteiger partial charge in [0.1, 0.15) is 5.75 Å². The number of ether oxygens (including phenoxy) is 1. The topological polar surface area (TPSA) is 42.4 Å². The van der Waals surface area contributed by atoms with Crippen LogP contribution in [0.4, 0.5) is 0 Å². The highest BCUT2D eigenvalue weighted by Gasteiger charge is 2.07. The summed E-state index contributed by atoms with van der Waals surface area (Å²) in [6.07, 6.45) is 3.10. The summed E-state index contributed by atoms with van der Waals surface area (Å²) in [4.78, 5) is 3.93. The molecule has 0 atom stereocenters. The maximum absolute atomic E-state index is 9.15. The molecule has 2 aromatic rings. The van der Waals surface area contributed by atoms with E-state index < -0.39 is 0 Å². The van der Waals surface area contributed by atoms with Gasteiger partial charge in [0.2, 0.25) is 0 Å². The van der Waals surface area contributed by atoms with Crippen LogP contribution in [0.1, 0.15) is 5.56 Å². The van der Waals surface area contributed by atoms with E-state index >= 15 is 0 Å².